The lowest BCUT2D eigenvalue weighted by atomic mass is 9.95. The van der Waals surface area contributed by atoms with Crippen LogP contribution in [-0.2, 0) is 4.79 Å². The van der Waals surface area contributed by atoms with Gasteiger partial charge in [0.15, 0.2) is 0 Å². The van der Waals surface area contributed by atoms with Gasteiger partial charge < -0.3 is 10.4 Å². The van der Waals surface area contributed by atoms with Crippen molar-refractivity contribution in [2.24, 2.45) is 11.8 Å². The van der Waals surface area contributed by atoms with Crippen LogP contribution < -0.4 is 5.32 Å². The number of hydrogen-bond acceptors (Lipinski definition) is 2. The second-order valence-electron chi connectivity index (χ2n) is 5.41. The van der Waals surface area contributed by atoms with Gasteiger partial charge in [-0.1, -0.05) is 27.7 Å². The first-order valence-electron chi connectivity index (χ1n) is 6.37. The normalized spacial score (nSPS) is 11.7. The first kappa shape index (κ1) is 15.4. The summed E-state index contributed by atoms with van der Waals surface area (Å²) in [7, 11) is 0. The second kappa shape index (κ2) is 8.57. The van der Waals surface area contributed by atoms with E-state index in [2.05, 4.69) is 33.0 Å². The lowest BCUT2D eigenvalue weighted by Crippen LogP contribution is -2.32. The molecule has 3 nitrogen and oxygen atoms in total. The van der Waals surface area contributed by atoms with Crippen molar-refractivity contribution in [1.29, 1.82) is 0 Å². The van der Waals surface area contributed by atoms with Crippen molar-refractivity contribution in [3.63, 3.8) is 0 Å². The fraction of sp³-hybridized carbons (Fsp3) is 0.923. The van der Waals surface area contributed by atoms with E-state index in [-0.39, 0.29) is 6.42 Å². The fourth-order valence-electron chi connectivity index (χ4n) is 1.95. The topological polar surface area (TPSA) is 49.3 Å². The lowest BCUT2D eigenvalue weighted by Gasteiger charge is -2.22. The molecule has 0 rings (SSSR count). The number of carboxylic acid groups (broad SMARTS) is 1. The number of rotatable bonds is 9. The van der Waals surface area contributed by atoms with Crippen molar-refractivity contribution < 1.29 is 9.90 Å². The maximum atomic E-state index is 10.4. The number of nitrogens with one attached hydrogen (secondary N) is 1. The lowest BCUT2D eigenvalue weighted by molar-refractivity contribution is -0.137. The van der Waals surface area contributed by atoms with Gasteiger partial charge in [0.2, 0.25) is 0 Å². The highest BCUT2D eigenvalue weighted by Gasteiger charge is 2.12. The number of carboxylic acids is 1. The first-order valence-corrected chi connectivity index (χ1v) is 6.37. The zero-order valence-electron chi connectivity index (χ0n) is 11.1. The average molecular weight is 229 g/mol. The molecule has 0 aromatic rings. The van der Waals surface area contributed by atoms with Crippen molar-refractivity contribution in [1.82, 2.24) is 5.32 Å². The number of aliphatic carboxylic acids is 1. The van der Waals surface area contributed by atoms with Crippen LogP contribution in [0.15, 0.2) is 0 Å². The standard InChI is InChI=1S/C13H27NO2/c1-10(2)8-12(9-11(3)4)14-7-5-6-13(15)16/h10-12,14H,5-9H2,1-4H3,(H,15,16). The largest absolute Gasteiger partial charge is 0.481 e. The van der Waals surface area contributed by atoms with Crippen molar-refractivity contribution in [2.75, 3.05) is 6.54 Å². The van der Waals surface area contributed by atoms with Gasteiger partial charge in [0.1, 0.15) is 0 Å². The summed E-state index contributed by atoms with van der Waals surface area (Å²) in [6.07, 6.45) is 3.33. The maximum absolute atomic E-state index is 10.4. The van der Waals surface area contributed by atoms with Crippen LogP contribution >= 0.6 is 0 Å². The van der Waals surface area contributed by atoms with Crippen molar-refractivity contribution >= 4 is 5.97 Å². The van der Waals surface area contributed by atoms with Gasteiger partial charge in [-0.15, -0.1) is 0 Å². The predicted molar refractivity (Wildman–Crippen MR) is 67.6 cm³/mol. The maximum Gasteiger partial charge on any atom is 0.303 e. The summed E-state index contributed by atoms with van der Waals surface area (Å²) in [4.78, 5) is 10.4. The molecule has 2 N–H and O–H groups in total. The Balaban J connectivity index is 3.77. The molecule has 0 aromatic heterocycles. The summed E-state index contributed by atoms with van der Waals surface area (Å²) in [5.74, 6) is 0.678. The molecule has 0 heterocycles. The molecule has 0 atom stereocenters. The molecule has 96 valence electrons. The number of hydrogen-bond donors (Lipinski definition) is 2. The van der Waals surface area contributed by atoms with E-state index in [1.807, 2.05) is 0 Å². The third-order valence-corrected chi connectivity index (χ3v) is 2.51. The summed E-state index contributed by atoms with van der Waals surface area (Å²) in [6, 6.07) is 0.536. The van der Waals surface area contributed by atoms with E-state index in [0.29, 0.717) is 17.9 Å². The minimum Gasteiger partial charge on any atom is -0.481 e. The highest BCUT2D eigenvalue weighted by atomic mass is 16.4. The molecule has 0 aromatic carbocycles. The van der Waals surface area contributed by atoms with Crippen LogP contribution in [0.3, 0.4) is 0 Å². The third-order valence-electron chi connectivity index (χ3n) is 2.51. The Kier molecular flexibility index (Phi) is 8.26. The molecule has 0 amide bonds. The monoisotopic (exact) mass is 229 g/mol. The molecule has 0 spiro atoms. The van der Waals surface area contributed by atoms with Crippen molar-refractivity contribution in [3.8, 4) is 0 Å². The zero-order chi connectivity index (χ0) is 12.6. The molecule has 0 aliphatic carbocycles. The molecule has 0 fully saturated rings. The minimum atomic E-state index is -0.703. The van der Waals surface area contributed by atoms with E-state index in [0.717, 1.165) is 13.0 Å². The van der Waals surface area contributed by atoms with Gasteiger partial charge in [0.05, 0.1) is 0 Å². The minimum absolute atomic E-state index is 0.267. The van der Waals surface area contributed by atoms with E-state index in [1.54, 1.807) is 0 Å². The van der Waals surface area contributed by atoms with E-state index in [9.17, 15) is 4.79 Å². The molecule has 0 aliphatic heterocycles. The van der Waals surface area contributed by atoms with Crippen LogP contribution in [-0.4, -0.2) is 23.7 Å². The van der Waals surface area contributed by atoms with Crippen molar-refractivity contribution in [2.45, 2.75) is 59.4 Å². The highest BCUT2D eigenvalue weighted by molar-refractivity contribution is 5.66. The van der Waals surface area contributed by atoms with Gasteiger partial charge in [-0.25, -0.2) is 0 Å². The van der Waals surface area contributed by atoms with E-state index in [4.69, 9.17) is 5.11 Å². The van der Waals surface area contributed by atoms with E-state index < -0.39 is 5.97 Å². The summed E-state index contributed by atoms with van der Waals surface area (Å²) in [6.45, 7) is 9.73. The van der Waals surface area contributed by atoms with Gasteiger partial charge in [0.25, 0.3) is 0 Å². The van der Waals surface area contributed by atoms with Crippen molar-refractivity contribution in [3.05, 3.63) is 0 Å². The van der Waals surface area contributed by atoms with Gasteiger partial charge in [-0.2, -0.15) is 0 Å². The summed E-state index contributed by atoms with van der Waals surface area (Å²) >= 11 is 0. The highest BCUT2D eigenvalue weighted by Crippen LogP contribution is 2.13. The Morgan fingerprint density at radius 1 is 1.12 bits per heavy atom. The van der Waals surface area contributed by atoms with E-state index in [1.165, 1.54) is 12.8 Å². The van der Waals surface area contributed by atoms with E-state index >= 15 is 0 Å². The first-order chi connectivity index (χ1) is 7.41. The Morgan fingerprint density at radius 2 is 1.62 bits per heavy atom. The van der Waals surface area contributed by atoms with Crippen LogP contribution in [0.2, 0.25) is 0 Å². The Labute approximate surface area is 99.6 Å². The molecule has 0 bridgehead atoms. The predicted octanol–water partition coefficient (Wildman–Crippen LogP) is 2.90. The molecular formula is C13H27NO2. The molecule has 0 saturated carbocycles. The van der Waals surface area contributed by atoms with Gasteiger partial charge in [0, 0.05) is 12.5 Å². The SMILES string of the molecule is CC(C)CC(CC(C)C)NCCCC(=O)O. The third kappa shape index (κ3) is 9.97. The van der Waals surface area contributed by atoms with Gasteiger partial charge >= 0.3 is 5.97 Å². The summed E-state index contributed by atoms with van der Waals surface area (Å²) in [5.41, 5.74) is 0. The van der Waals surface area contributed by atoms with Crippen LogP contribution in [0.5, 0.6) is 0 Å². The zero-order valence-corrected chi connectivity index (χ0v) is 11.1. The van der Waals surface area contributed by atoms with Crippen LogP contribution in [0.1, 0.15) is 53.4 Å². The van der Waals surface area contributed by atoms with Crippen LogP contribution in [0.25, 0.3) is 0 Å². The Hall–Kier alpha value is -0.570. The fourth-order valence-corrected chi connectivity index (χ4v) is 1.95. The number of carbonyl (C=O) groups is 1. The smallest absolute Gasteiger partial charge is 0.303 e. The molecule has 0 unspecified atom stereocenters. The second-order valence-corrected chi connectivity index (χ2v) is 5.41. The molecule has 0 aliphatic rings. The molecule has 0 saturated heterocycles. The van der Waals surface area contributed by atoms with Gasteiger partial charge in [-0.05, 0) is 37.6 Å². The summed E-state index contributed by atoms with van der Waals surface area (Å²) < 4.78 is 0. The van der Waals surface area contributed by atoms with Gasteiger partial charge in [-0.3, -0.25) is 4.79 Å². The quantitative estimate of drug-likeness (QED) is 0.598. The van der Waals surface area contributed by atoms with Crippen LogP contribution in [0.4, 0.5) is 0 Å². The molecule has 0 radical (unpaired) electrons. The molecule has 16 heavy (non-hydrogen) atoms. The Bertz CT molecular complexity index is 180. The summed E-state index contributed by atoms with van der Waals surface area (Å²) in [5, 5.41) is 12.0. The van der Waals surface area contributed by atoms with Crippen LogP contribution in [0, 0.1) is 11.8 Å². The Morgan fingerprint density at radius 3 is 2.00 bits per heavy atom. The molecular weight excluding hydrogens is 202 g/mol. The average Bonchev–Trinajstić information content (AvgIpc) is 2.09. The molecule has 3 heteroatoms.